The molecule has 2 aromatic heterocycles. The molecule has 0 atom stereocenters. The molecule has 0 fully saturated rings. The Labute approximate surface area is 99.3 Å². The lowest BCUT2D eigenvalue weighted by Gasteiger charge is -1.99. The quantitative estimate of drug-likeness (QED) is 0.884. The summed E-state index contributed by atoms with van der Waals surface area (Å²) in [5.74, 6) is 0. The van der Waals surface area contributed by atoms with Gasteiger partial charge >= 0.3 is 0 Å². The number of nitrogens with one attached hydrogen (secondary N) is 1. The predicted octanol–water partition coefficient (Wildman–Crippen LogP) is 2.15. The van der Waals surface area contributed by atoms with Gasteiger partial charge in [-0.2, -0.15) is 5.10 Å². The fraction of sp³-hybridized carbons (Fsp3) is 0.455. The van der Waals surface area contributed by atoms with Crippen LogP contribution in [0.4, 0.5) is 5.13 Å². The molecule has 5 heteroatoms. The molecule has 0 aromatic carbocycles. The molecule has 0 saturated carbocycles. The first-order chi connectivity index (χ1) is 7.65. The Bertz CT molecular complexity index is 453. The van der Waals surface area contributed by atoms with Crippen molar-refractivity contribution < 1.29 is 0 Å². The topological polar surface area (TPSA) is 42.7 Å². The maximum Gasteiger partial charge on any atom is 0.183 e. The second kappa shape index (κ2) is 4.65. The summed E-state index contributed by atoms with van der Waals surface area (Å²) in [5, 5.41) is 8.65. The maximum absolute atomic E-state index is 4.43. The van der Waals surface area contributed by atoms with E-state index in [1.54, 1.807) is 11.3 Å². The zero-order chi connectivity index (χ0) is 11.5. The van der Waals surface area contributed by atoms with Crippen LogP contribution < -0.4 is 5.32 Å². The van der Waals surface area contributed by atoms with Crippen molar-refractivity contribution >= 4 is 16.5 Å². The average Bonchev–Trinajstić information content (AvgIpc) is 2.75. The van der Waals surface area contributed by atoms with Crippen LogP contribution in [0.2, 0.25) is 0 Å². The van der Waals surface area contributed by atoms with Crippen molar-refractivity contribution in [1.29, 1.82) is 0 Å². The van der Waals surface area contributed by atoms with Crippen LogP contribution in [0.25, 0.3) is 0 Å². The van der Waals surface area contributed by atoms with Gasteiger partial charge in [-0.3, -0.25) is 4.68 Å². The number of hydrogen-bond acceptors (Lipinski definition) is 4. The van der Waals surface area contributed by atoms with Gasteiger partial charge in [0, 0.05) is 31.1 Å². The van der Waals surface area contributed by atoms with Crippen molar-refractivity contribution in [3.05, 3.63) is 28.5 Å². The number of aromatic nitrogens is 3. The Morgan fingerprint density at radius 3 is 2.81 bits per heavy atom. The van der Waals surface area contributed by atoms with Crippen LogP contribution >= 0.6 is 11.3 Å². The number of anilines is 1. The van der Waals surface area contributed by atoms with E-state index in [4.69, 9.17) is 0 Å². The lowest BCUT2D eigenvalue weighted by atomic mass is 10.3. The number of aryl methyl sites for hydroxylation is 3. The number of thiazole rings is 1. The van der Waals surface area contributed by atoms with E-state index in [1.165, 1.54) is 4.88 Å². The molecule has 4 nitrogen and oxygen atoms in total. The largest absolute Gasteiger partial charge is 0.361 e. The van der Waals surface area contributed by atoms with E-state index in [-0.39, 0.29) is 0 Å². The summed E-state index contributed by atoms with van der Waals surface area (Å²) in [7, 11) is 1.93. The summed E-state index contributed by atoms with van der Waals surface area (Å²) in [6.45, 7) is 5.01. The minimum atomic E-state index is 0.878. The Balaban J connectivity index is 1.84. The van der Waals surface area contributed by atoms with Crippen molar-refractivity contribution in [2.24, 2.45) is 7.05 Å². The average molecular weight is 236 g/mol. The molecule has 2 heterocycles. The first-order valence-electron chi connectivity index (χ1n) is 5.31. The number of nitrogens with zero attached hydrogens (tertiary/aromatic N) is 3. The first kappa shape index (κ1) is 11.1. The van der Waals surface area contributed by atoms with Gasteiger partial charge in [-0.25, -0.2) is 4.98 Å². The summed E-state index contributed by atoms with van der Waals surface area (Å²) in [4.78, 5) is 5.71. The fourth-order valence-corrected chi connectivity index (χ4v) is 2.28. The molecular weight excluding hydrogens is 220 g/mol. The zero-order valence-corrected chi connectivity index (χ0v) is 10.6. The molecule has 0 radical (unpaired) electrons. The number of rotatable bonds is 4. The van der Waals surface area contributed by atoms with Crippen molar-refractivity contribution in [2.45, 2.75) is 20.3 Å². The minimum absolute atomic E-state index is 0.878. The fourth-order valence-electron chi connectivity index (χ4n) is 1.44. The second-order valence-corrected chi connectivity index (χ2v) is 5.02. The van der Waals surface area contributed by atoms with Crippen LogP contribution in [0.3, 0.4) is 0 Å². The van der Waals surface area contributed by atoms with E-state index in [1.807, 2.05) is 30.9 Å². The van der Waals surface area contributed by atoms with Crippen LogP contribution in [-0.2, 0) is 13.5 Å². The molecule has 0 aliphatic rings. The van der Waals surface area contributed by atoms with Gasteiger partial charge in [-0.1, -0.05) is 0 Å². The molecule has 2 rings (SSSR count). The summed E-state index contributed by atoms with van der Waals surface area (Å²) >= 11 is 1.71. The van der Waals surface area contributed by atoms with E-state index in [0.717, 1.165) is 29.5 Å². The molecule has 0 aliphatic heterocycles. The number of hydrogen-bond donors (Lipinski definition) is 1. The summed E-state index contributed by atoms with van der Waals surface area (Å²) < 4.78 is 1.83. The van der Waals surface area contributed by atoms with Crippen LogP contribution in [0, 0.1) is 13.8 Å². The Morgan fingerprint density at radius 1 is 1.44 bits per heavy atom. The Hall–Kier alpha value is -1.36. The van der Waals surface area contributed by atoms with E-state index in [9.17, 15) is 0 Å². The molecule has 0 saturated heterocycles. The third-order valence-electron chi connectivity index (χ3n) is 2.45. The highest BCUT2D eigenvalue weighted by molar-refractivity contribution is 7.15. The Morgan fingerprint density at radius 2 is 2.25 bits per heavy atom. The molecule has 0 unspecified atom stereocenters. The van der Waals surface area contributed by atoms with Gasteiger partial charge in [0.25, 0.3) is 0 Å². The van der Waals surface area contributed by atoms with Crippen LogP contribution in [0.5, 0.6) is 0 Å². The SMILES string of the molecule is Cc1nc(NCCc2ccn(C)n2)sc1C. The van der Waals surface area contributed by atoms with E-state index >= 15 is 0 Å². The Kier molecular flexibility index (Phi) is 3.24. The van der Waals surface area contributed by atoms with Crippen LogP contribution in [-0.4, -0.2) is 21.3 Å². The standard InChI is InChI=1S/C11H16N4S/c1-8-9(2)16-11(13-8)12-6-4-10-5-7-15(3)14-10/h5,7H,4,6H2,1-3H3,(H,12,13). The molecule has 0 spiro atoms. The van der Waals surface area contributed by atoms with Crippen LogP contribution in [0.15, 0.2) is 12.3 Å². The van der Waals surface area contributed by atoms with E-state index < -0.39 is 0 Å². The minimum Gasteiger partial charge on any atom is -0.361 e. The van der Waals surface area contributed by atoms with Gasteiger partial charge < -0.3 is 5.32 Å². The lowest BCUT2D eigenvalue weighted by Crippen LogP contribution is -2.05. The molecule has 0 amide bonds. The van der Waals surface area contributed by atoms with Gasteiger partial charge in [-0.15, -0.1) is 11.3 Å². The molecule has 86 valence electrons. The zero-order valence-electron chi connectivity index (χ0n) is 9.82. The third kappa shape index (κ3) is 2.61. The monoisotopic (exact) mass is 236 g/mol. The third-order valence-corrected chi connectivity index (χ3v) is 3.49. The summed E-state index contributed by atoms with van der Waals surface area (Å²) in [6, 6.07) is 2.04. The molecule has 0 aliphatic carbocycles. The van der Waals surface area contributed by atoms with Gasteiger partial charge in [0.05, 0.1) is 11.4 Å². The van der Waals surface area contributed by atoms with Crippen molar-refractivity contribution in [2.75, 3.05) is 11.9 Å². The molecule has 1 N–H and O–H groups in total. The van der Waals surface area contributed by atoms with Crippen molar-refractivity contribution in [3.63, 3.8) is 0 Å². The molecule has 16 heavy (non-hydrogen) atoms. The molecule has 0 bridgehead atoms. The highest BCUT2D eigenvalue weighted by Crippen LogP contribution is 2.20. The smallest absolute Gasteiger partial charge is 0.183 e. The van der Waals surface area contributed by atoms with Gasteiger partial charge in [0.2, 0.25) is 0 Å². The van der Waals surface area contributed by atoms with Gasteiger partial charge in [-0.05, 0) is 19.9 Å². The summed E-state index contributed by atoms with van der Waals surface area (Å²) in [6.07, 6.45) is 2.89. The normalized spacial score (nSPS) is 10.7. The highest BCUT2D eigenvalue weighted by atomic mass is 32.1. The van der Waals surface area contributed by atoms with E-state index in [2.05, 4.69) is 22.3 Å². The highest BCUT2D eigenvalue weighted by Gasteiger charge is 2.03. The van der Waals surface area contributed by atoms with Crippen molar-refractivity contribution in [1.82, 2.24) is 14.8 Å². The maximum atomic E-state index is 4.43. The summed E-state index contributed by atoms with van der Waals surface area (Å²) in [5.41, 5.74) is 2.23. The van der Waals surface area contributed by atoms with Gasteiger partial charge in [0.1, 0.15) is 0 Å². The second-order valence-electron chi connectivity index (χ2n) is 3.82. The lowest BCUT2D eigenvalue weighted by molar-refractivity contribution is 0.742. The molecular formula is C11H16N4S. The first-order valence-corrected chi connectivity index (χ1v) is 6.13. The predicted molar refractivity (Wildman–Crippen MR) is 67.0 cm³/mol. The van der Waals surface area contributed by atoms with Crippen LogP contribution in [0.1, 0.15) is 16.3 Å². The van der Waals surface area contributed by atoms with Crippen molar-refractivity contribution in [3.8, 4) is 0 Å². The van der Waals surface area contributed by atoms with Gasteiger partial charge in [0.15, 0.2) is 5.13 Å². The molecule has 2 aromatic rings. The van der Waals surface area contributed by atoms with E-state index in [0.29, 0.717) is 0 Å².